The maximum absolute atomic E-state index is 13.9. The summed E-state index contributed by atoms with van der Waals surface area (Å²) in [5, 5.41) is 29.3. The van der Waals surface area contributed by atoms with E-state index in [1.807, 2.05) is 26.2 Å². The fourth-order valence-corrected chi connectivity index (χ4v) is 6.06. The molecule has 0 unspecified atom stereocenters. The van der Waals surface area contributed by atoms with Crippen molar-refractivity contribution in [3.8, 4) is 22.8 Å². The molecular weight excluding hydrogens is 553 g/mol. The highest BCUT2D eigenvalue weighted by molar-refractivity contribution is 6.01. The third kappa shape index (κ3) is 4.53. The summed E-state index contributed by atoms with van der Waals surface area (Å²) in [6.07, 6.45) is 5.24. The van der Waals surface area contributed by atoms with E-state index in [4.69, 9.17) is 14.5 Å². The second-order valence-electron chi connectivity index (χ2n) is 11.6. The smallest absolute Gasteiger partial charge is 0.163 e. The first-order valence-corrected chi connectivity index (χ1v) is 14.1. The summed E-state index contributed by atoms with van der Waals surface area (Å²) in [5.41, 5.74) is 1.33. The number of aromatic nitrogens is 7. The Bertz CT molecular complexity index is 1850. The van der Waals surface area contributed by atoms with Crippen LogP contribution in [-0.4, -0.2) is 59.6 Å². The lowest BCUT2D eigenvalue weighted by atomic mass is 9.83. The number of carbonyl (C=O) groups excluding carboxylic acids is 1. The van der Waals surface area contributed by atoms with Crippen LogP contribution in [0.4, 0.5) is 4.39 Å². The van der Waals surface area contributed by atoms with E-state index >= 15 is 0 Å². The largest absolute Gasteiger partial charge is 0.494 e. The molecule has 0 amide bonds. The predicted octanol–water partition coefficient (Wildman–Crippen LogP) is 4.19. The molecule has 2 aromatic carbocycles. The van der Waals surface area contributed by atoms with Gasteiger partial charge >= 0.3 is 0 Å². The minimum Gasteiger partial charge on any atom is -0.494 e. The van der Waals surface area contributed by atoms with Crippen LogP contribution in [0.3, 0.4) is 0 Å². The molecule has 1 fully saturated rings. The maximum atomic E-state index is 13.9. The molecule has 0 bridgehead atoms. The van der Waals surface area contributed by atoms with Crippen molar-refractivity contribution in [2.75, 3.05) is 13.7 Å². The van der Waals surface area contributed by atoms with Crippen molar-refractivity contribution in [3.63, 3.8) is 0 Å². The van der Waals surface area contributed by atoms with E-state index in [0.29, 0.717) is 39.5 Å². The van der Waals surface area contributed by atoms with Crippen LogP contribution >= 0.6 is 0 Å². The van der Waals surface area contributed by atoms with Crippen molar-refractivity contribution in [2.24, 2.45) is 13.0 Å². The number of hydrogen-bond donors (Lipinski definition) is 1. The Labute approximate surface area is 246 Å². The molecule has 0 saturated heterocycles. The van der Waals surface area contributed by atoms with E-state index in [9.17, 15) is 14.3 Å². The first-order valence-electron chi connectivity index (χ1n) is 14.1. The number of ether oxygens (including phenoxy) is 2. The van der Waals surface area contributed by atoms with Crippen LogP contribution < -0.4 is 9.47 Å². The topological polar surface area (TPSA) is 130 Å². The zero-order valence-electron chi connectivity index (χ0n) is 24.0. The summed E-state index contributed by atoms with van der Waals surface area (Å²) in [7, 11) is 3.37. The van der Waals surface area contributed by atoms with Crippen LogP contribution in [0, 0.1) is 11.7 Å². The highest BCUT2D eigenvalue weighted by Gasteiger charge is 2.49. The first-order chi connectivity index (χ1) is 20.7. The number of ketones is 1. The molecule has 0 spiro atoms. The van der Waals surface area contributed by atoms with Crippen molar-refractivity contribution < 1.29 is 23.8 Å². The van der Waals surface area contributed by atoms with Gasteiger partial charge in [0.2, 0.25) is 0 Å². The van der Waals surface area contributed by atoms with Gasteiger partial charge in [-0.25, -0.2) is 14.1 Å². The van der Waals surface area contributed by atoms with Gasteiger partial charge in [-0.3, -0.25) is 9.48 Å². The summed E-state index contributed by atoms with van der Waals surface area (Å²) in [6, 6.07) is 11.4. The van der Waals surface area contributed by atoms with Crippen molar-refractivity contribution in [1.29, 1.82) is 0 Å². The van der Waals surface area contributed by atoms with Crippen molar-refractivity contribution in [1.82, 2.24) is 35.0 Å². The standard InChI is InChI=1S/C31H30FN7O4/c1-30(39-17-33-36-37-39)16-43-29-23(30)14-26(34-28(29)18-4-8-22(32)9-5-18)31(41,21-6-7-21)11-10-24(40)19-12-20-15-38(2)35-27(20)25(13-19)42-3/h4-5,8-9,12-15,17,21,41H,6-7,10-11,16H2,1-3H3/t30-,31+/m0/s1. The lowest BCUT2D eigenvalue weighted by Crippen LogP contribution is -2.35. The Balaban J connectivity index is 1.29. The third-order valence-corrected chi connectivity index (χ3v) is 8.68. The van der Waals surface area contributed by atoms with E-state index < -0.39 is 11.1 Å². The summed E-state index contributed by atoms with van der Waals surface area (Å²) in [5.74, 6) is 0.489. The predicted molar refractivity (Wildman–Crippen MR) is 153 cm³/mol. The molecule has 2 aliphatic rings. The number of tetrazole rings is 1. The Morgan fingerprint density at radius 3 is 2.72 bits per heavy atom. The lowest BCUT2D eigenvalue weighted by molar-refractivity contribution is -0.00118. The lowest BCUT2D eigenvalue weighted by Gasteiger charge is -2.30. The van der Waals surface area contributed by atoms with Gasteiger partial charge in [-0.15, -0.1) is 5.10 Å². The van der Waals surface area contributed by atoms with Crippen LogP contribution in [-0.2, 0) is 18.2 Å². The molecule has 1 saturated carbocycles. The molecule has 5 aromatic rings. The maximum Gasteiger partial charge on any atom is 0.163 e. The van der Waals surface area contributed by atoms with Crippen LogP contribution in [0.5, 0.6) is 11.5 Å². The summed E-state index contributed by atoms with van der Waals surface area (Å²) in [6.45, 7) is 2.20. The van der Waals surface area contributed by atoms with E-state index in [0.717, 1.165) is 23.8 Å². The number of nitrogens with zero attached hydrogens (tertiary/aromatic N) is 7. The van der Waals surface area contributed by atoms with Crippen molar-refractivity contribution in [3.05, 3.63) is 77.6 Å². The molecule has 220 valence electrons. The van der Waals surface area contributed by atoms with Crippen LogP contribution in [0.25, 0.3) is 22.2 Å². The number of carbonyl (C=O) groups is 1. The number of hydrogen-bond acceptors (Lipinski definition) is 9. The van der Waals surface area contributed by atoms with Gasteiger partial charge < -0.3 is 14.6 Å². The van der Waals surface area contributed by atoms with Gasteiger partial charge in [-0.05, 0) is 85.0 Å². The summed E-state index contributed by atoms with van der Waals surface area (Å²) in [4.78, 5) is 18.5. The molecular formula is C31H30FN7O4. The second kappa shape index (κ2) is 9.94. The number of benzene rings is 2. The Hall–Kier alpha value is -4.71. The Morgan fingerprint density at radius 1 is 1.23 bits per heavy atom. The van der Waals surface area contributed by atoms with Crippen LogP contribution in [0.1, 0.15) is 54.2 Å². The fourth-order valence-electron chi connectivity index (χ4n) is 6.06. The molecule has 4 heterocycles. The molecule has 1 N–H and O–H groups in total. The zero-order chi connectivity index (χ0) is 29.9. The third-order valence-electron chi connectivity index (χ3n) is 8.68. The van der Waals surface area contributed by atoms with E-state index in [-0.39, 0.29) is 37.0 Å². The minimum atomic E-state index is -1.38. The summed E-state index contributed by atoms with van der Waals surface area (Å²) >= 11 is 0. The molecule has 43 heavy (non-hydrogen) atoms. The number of Topliss-reactive ketones (excluding diaryl/α,β-unsaturated/α-hetero) is 1. The van der Waals surface area contributed by atoms with E-state index in [1.165, 1.54) is 18.5 Å². The molecule has 1 aliphatic carbocycles. The minimum absolute atomic E-state index is 0.0659. The molecule has 0 radical (unpaired) electrons. The number of aryl methyl sites for hydroxylation is 1. The number of methoxy groups -OCH3 is 1. The van der Waals surface area contributed by atoms with E-state index in [2.05, 4.69) is 20.6 Å². The normalized spacial score (nSPS) is 19.2. The number of rotatable bonds is 9. The quantitative estimate of drug-likeness (QED) is 0.254. The highest BCUT2D eigenvalue weighted by Crippen LogP contribution is 2.52. The molecule has 12 heteroatoms. The van der Waals surface area contributed by atoms with Crippen LogP contribution in [0.15, 0.2) is 55.0 Å². The van der Waals surface area contributed by atoms with Gasteiger partial charge in [0.1, 0.15) is 46.9 Å². The van der Waals surface area contributed by atoms with Gasteiger partial charge in [-0.2, -0.15) is 5.10 Å². The van der Waals surface area contributed by atoms with Gasteiger partial charge in [0.25, 0.3) is 0 Å². The van der Waals surface area contributed by atoms with Gasteiger partial charge in [0.15, 0.2) is 11.5 Å². The molecule has 7 rings (SSSR count). The van der Waals surface area contributed by atoms with Crippen molar-refractivity contribution >= 4 is 16.7 Å². The SMILES string of the molecule is COc1cc(C(=O)CC[C@](O)(c2cc3c(c(-c4ccc(F)cc4)n2)OC[C@]3(C)n2cnnn2)C2CC2)cc2cn(C)nc12. The van der Waals surface area contributed by atoms with Crippen molar-refractivity contribution in [2.45, 2.75) is 43.7 Å². The number of fused-ring (bicyclic) bond motifs is 2. The van der Waals surface area contributed by atoms with Gasteiger partial charge in [0, 0.05) is 41.7 Å². The first kappa shape index (κ1) is 27.1. The van der Waals surface area contributed by atoms with Crippen LogP contribution in [0.2, 0.25) is 0 Å². The van der Waals surface area contributed by atoms with Gasteiger partial charge in [0.05, 0.1) is 12.8 Å². The monoisotopic (exact) mass is 583 g/mol. The number of halogens is 1. The summed E-state index contributed by atoms with van der Waals surface area (Å²) < 4.78 is 28.9. The van der Waals surface area contributed by atoms with Gasteiger partial charge in [-0.1, -0.05) is 0 Å². The molecule has 3 aromatic heterocycles. The average molecular weight is 584 g/mol. The fraction of sp³-hybridized carbons (Fsp3) is 0.355. The van der Waals surface area contributed by atoms with E-state index in [1.54, 1.807) is 40.7 Å². The molecule has 1 aliphatic heterocycles. The second-order valence-corrected chi connectivity index (χ2v) is 11.6. The Morgan fingerprint density at radius 2 is 2.02 bits per heavy atom. The molecule has 2 atom stereocenters. The molecule has 11 nitrogen and oxygen atoms in total. The highest BCUT2D eigenvalue weighted by atomic mass is 19.1. The Kier molecular flexibility index (Phi) is 6.27. The zero-order valence-corrected chi connectivity index (χ0v) is 24.0. The average Bonchev–Trinajstić information content (AvgIpc) is 3.41. The number of pyridine rings is 1. The number of aliphatic hydroxyl groups is 1.